The van der Waals surface area contributed by atoms with Gasteiger partial charge < -0.3 is 11.1 Å². The summed E-state index contributed by atoms with van der Waals surface area (Å²) in [5.74, 6) is 0.703. The van der Waals surface area contributed by atoms with Gasteiger partial charge in [-0.05, 0) is 25.5 Å². The normalized spacial score (nSPS) is 10.4. The molecule has 0 fully saturated rings. The fourth-order valence-electron chi connectivity index (χ4n) is 1.69. The third kappa shape index (κ3) is 2.00. The third-order valence-corrected chi connectivity index (χ3v) is 2.49. The Bertz CT molecular complexity index is 514. The molecule has 0 amide bonds. The quantitative estimate of drug-likeness (QED) is 0.810. The first-order valence-corrected chi connectivity index (χ1v) is 5.19. The summed E-state index contributed by atoms with van der Waals surface area (Å²) in [6.07, 6.45) is 1.78. The summed E-state index contributed by atoms with van der Waals surface area (Å²) in [6, 6.07) is 6.23. The van der Waals surface area contributed by atoms with Crippen molar-refractivity contribution in [2.45, 2.75) is 13.8 Å². The van der Waals surface area contributed by atoms with Crippen LogP contribution in [0.15, 0.2) is 24.4 Å². The second-order valence-electron chi connectivity index (χ2n) is 4.05. The van der Waals surface area contributed by atoms with Crippen molar-refractivity contribution in [3.05, 3.63) is 35.5 Å². The monoisotopic (exact) mass is 216 g/mol. The molecular weight excluding hydrogens is 200 g/mol. The largest absolute Gasteiger partial charge is 0.394 e. The number of nitrogens with zero attached hydrogens (tertiary/aromatic N) is 2. The molecule has 2 rings (SSSR count). The molecule has 0 radical (unpaired) electrons. The van der Waals surface area contributed by atoms with Crippen molar-refractivity contribution in [1.82, 2.24) is 9.78 Å². The topological polar surface area (TPSA) is 55.9 Å². The summed E-state index contributed by atoms with van der Waals surface area (Å²) in [7, 11) is 1.85. The van der Waals surface area contributed by atoms with E-state index in [9.17, 15) is 0 Å². The molecule has 0 aliphatic rings. The van der Waals surface area contributed by atoms with E-state index in [1.54, 1.807) is 10.9 Å². The minimum Gasteiger partial charge on any atom is -0.394 e. The van der Waals surface area contributed by atoms with E-state index < -0.39 is 0 Å². The number of benzene rings is 1. The molecule has 4 heteroatoms. The SMILES string of the molecule is Cc1ccc(Nc2nn(C)cc2N)c(C)c1. The fourth-order valence-corrected chi connectivity index (χ4v) is 1.69. The predicted octanol–water partition coefficient (Wildman–Crippen LogP) is 2.36. The zero-order valence-electron chi connectivity index (χ0n) is 9.78. The number of aromatic nitrogens is 2. The fraction of sp³-hybridized carbons (Fsp3) is 0.250. The molecule has 1 aromatic carbocycles. The lowest BCUT2D eigenvalue weighted by Gasteiger charge is -2.08. The van der Waals surface area contributed by atoms with Crippen molar-refractivity contribution in [1.29, 1.82) is 0 Å². The highest BCUT2D eigenvalue weighted by Crippen LogP contribution is 2.23. The molecule has 0 spiro atoms. The van der Waals surface area contributed by atoms with Crippen molar-refractivity contribution < 1.29 is 0 Å². The molecule has 0 saturated carbocycles. The zero-order valence-corrected chi connectivity index (χ0v) is 9.78. The van der Waals surface area contributed by atoms with Gasteiger partial charge in [-0.25, -0.2) is 0 Å². The van der Waals surface area contributed by atoms with E-state index in [1.165, 1.54) is 11.1 Å². The number of nitrogens with one attached hydrogen (secondary N) is 1. The van der Waals surface area contributed by atoms with Crippen molar-refractivity contribution in [3.63, 3.8) is 0 Å². The molecule has 0 saturated heterocycles. The highest BCUT2D eigenvalue weighted by Gasteiger charge is 2.05. The van der Waals surface area contributed by atoms with Crippen molar-refractivity contribution in [2.24, 2.45) is 7.05 Å². The standard InChI is InChI=1S/C12H16N4/c1-8-4-5-11(9(2)6-8)14-12-10(13)7-16(3)15-12/h4-7H,13H2,1-3H3,(H,14,15). The number of aryl methyl sites for hydroxylation is 3. The number of hydrogen-bond acceptors (Lipinski definition) is 3. The lowest BCUT2D eigenvalue weighted by Crippen LogP contribution is -1.97. The van der Waals surface area contributed by atoms with E-state index in [4.69, 9.17) is 5.73 Å². The van der Waals surface area contributed by atoms with Gasteiger partial charge >= 0.3 is 0 Å². The highest BCUT2D eigenvalue weighted by molar-refractivity contribution is 5.69. The lowest BCUT2D eigenvalue weighted by molar-refractivity contribution is 0.771. The average Bonchev–Trinajstić information content (AvgIpc) is 2.50. The summed E-state index contributed by atoms with van der Waals surface area (Å²) in [4.78, 5) is 0. The van der Waals surface area contributed by atoms with Crippen molar-refractivity contribution in [3.8, 4) is 0 Å². The first-order valence-electron chi connectivity index (χ1n) is 5.19. The predicted molar refractivity (Wildman–Crippen MR) is 66.8 cm³/mol. The van der Waals surface area contributed by atoms with Gasteiger partial charge in [0.25, 0.3) is 0 Å². The Balaban J connectivity index is 2.30. The Morgan fingerprint density at radius 1 is 1.31 bits per heavy atom. The molecule has 1 aromatic heterocycles. The van der Waals surface area contributed by atoms with Crippen molar-refractivity contribution in [2.75, 3.05) is 11.1 Å². The molecule has 3 N–H and O–H groups in total. The first kappa shape index (κ1) is 10.5. The molecule has 0 atom stereocenters. The minimum absolute atomic E-state index is 0.655. The third-order valence-electron chi connectivity index (χ3n) is 2.49. The number of anilines is 3. The van der Waals surface area contributed by atoms with E-state index in [-0.39, 0.29) is 0 Å². The molecule has 0 aliphatic heterocycles. The van der Waals surface area contributed by atoms with Gasteiger partial charge in [-0.1, -0.05) is 17.7 Å². The Kier molecular flexibility index (Phi) is 2.56. The summed E-state index contributed by atoms with van der Waals surface area (Å²) >= 11 is 0. The molecule has 2 aromatic rings. The van der Waals surface area contributed by atoms with Crippen LogP contribution in [0.25, 0.3) is 0 Å². The maximum absolute atomic E-state index is 5.82. The summed E-state index contributed by atoms with van der Waals surface area (Å²) < 4.78 is 1.70. The van der Waals surface area contributed by atoms with E-state index in [0.717, 1.165) is 5.69 Å². The van der Waals surface area contributed by atoms with Crippen LogP contribution >= 0.6 is 0 Å². The van der Waals surface area contributed by atoms with Gasteiger partial charge in [-0.15, -0.1) is 0 Å². The molecule has 84 valence electrons. The van der Waals surface area contributed by atoms with Crippen LogP contribution in [0.3, 0.4) is 0 Å². The molecular formula is C12H16N4. The van der Waals surface area contributed by atoms with Crippen LogP contribution in [0.2, 0.25) is 0 Å². The van der Waals surface area contributed by atoms with Crippen molar-refractivity contribution >= 4 is 17.2 Å². The van der Waals surface area contributed by atoms with Gasteiger partial charge in [0.1, 0.15) is 0 Å². The molecule has 0 unspecified atom stereocenters. The molecule has 4 nitrogen and oxygen atoms in total. The number of rotatable bonds is 2. The summed E-state index contributed by atoms with van der Waals surface area (Å²) in [6.45, 7) is 4.14. The Hall–Kier alpha value is -1.97. The molecule has 16 heavy (non-hydrogen) atoms. The van der Waals surface area contributed by atoms with Crippen LogP contribution in [-0.4, -0.2) is 9.78 Å². The van der Waals surface area contributed by atoms with Gasteiger partial charge in [0.2, 0.25) is 0 Å². The average molecular weight is 216 g/mol. The molecule has 0 bridgehead atoms. The zero-order chi connectivity index (χ0) is 11.7. The van der Waals surface area contributed by atoms with Crippen LogP contribution in [0.5, 0.6) is 0 Å². The van der Waals surface area contributed by atoms with Gasteiger partial charge in [-0.2, -0.15) is 5.10 Å². The minimum atomic E-state index is 0.655. The van der Waals surface area contributed by atoms with E-state index in [1.807, 2.05) is 13.1 Å². The first-order chi connectivity index (χ1) is 7.56. The Morgan fingerprint density at radius 2 is 2.06 bits per heavy atom. The lowest BCUT2D eigenvalue weighted by atomic mass is 10.1. The number of nitrogen functional groups attached to an aromatic ring is 1. The van der Waals surface area contributed by atoms with Crippen LogP contribution < -0.4 is 11.1 Å². The second-order valence-corrected chi connectivity index (χ2v) is 4.05. The number of hydrogen-bond donors (Lipinski definition) is 2. The Labute approximate surface area is 95.1 Å². The van der Waals surface area contributed by atoms with E-state index in [0.29, 0.717) is 11.5 Å². The van der Waals surface area contributed by atoms with Crippen LogP contribution in [0, 0.1) is 13.8 Å². The summed E-state index contributed by atoms with van der Waals surface area (Å²) in [5.41, 5.74) is 9.95. The van der Waals surface area contributed by atoms with Gasteiger partial charge in [0.15, 0.2) is 5.82 Å². The second kappa shape index (κ2) is 3.89. The van der Waals surface area contributed by atoms with Gasteiger partial charge in [0.05, 0.1) is 5.69 Å². The maximum atomic E-state index is 5.82. The van der Waals surface area contributed by atoms with Gasteiger partial charge in [-0.3, -0.25) is 4.68 Å². The Morgan fingerprint density at radius 3 is 2.62 bits per heavy atom. The van der Waals surface area contributed by atoms with Crippen LogP contribution in [0.1, 0.15) is 11.1 Å². The number of nitrogens with two attached hydrogens (primary N) is 1. The maximum Gasteiger partial charge on any atom is 0.175 e. The molecule has 1 heterocycles. The van der Waals surface area contributed by atoms with Crippen LogP contribution in [-0.2, 0) is 7.05 Å². The van der Waals surface area contributed by atoms with E-state index in [2.05, 4.69) is 36.4 Å². The van der Waals surface area contributed by atoms with Crippen LogP contribution in [0.4, 0.5) is 17.2 Å². The highest BCUT2D eigenvalue weighted by atomic mass is 15.3. The smallest absolute Gasteiger partial charge is 0.175 e. The summed E-state index contributed by atoms with van der Waals surface area (Å²) in [5, 5.41) is 7.48. The molecule has 0 aliphatic carbocycles. The van der Waals surface area contributed by atoms with Gasteiger partial charge in [0, 0.05) is 18.9 Å². The van der Waals surface area contributed by atoms with E-state index >= 15 is 0 Å².